The summed E-state index contributed by atoms with van der Waals surface area (Å²) in [4.78, 5) is 30.1. The maximum Gasteiger partial charge on any atom is 0.233 e. The van der Waals surface area contributed by atoms with Crippen LogP contribution in [0.2, 0.25) is 0 Å². The van der Waals surface area contributed by atoms with Gasteiger partial charge in [0.25, 0.3) is 0 Å². The van der Waals surface area contributed by atoms with Crippen LogP contribution in [-0.4, -0.2) is 89.1 Å². The number of ether oxygens (including phenoxy) is 3. The molecule has 1 aliphatic rings. The molecule has 2 amide bonds. The van der Waals surface area contributed by atoms with E-state index in [0.29, 0.717) is 42.8 Å². The van der Waals surface area contributed by atoms with Crippen molar-refractivity contribution in [3.05, 3.63) is 78.4 Å². The first-order valence-corrected chi connectivity index (χ1v) is 15.0. The Kier molecular flexibility index (Phi) is 9.51. The molecule has 1 unspecified atom stereocenters. The zero-order valence-corrected chi connectivity index (χ0v) is 25.5. The van der Waals surface area contributed by atoms with Gasteiger partial charge in [0.2, 0.25) is 11.8 Å². The molecule has 1 saturated heterocycles. The summed E-state index contributed by atoms with van der Waals surface area (Å²) in [7, 11) is 4.87. The fourth-order valence-corrected chi connectivity index (χ4v) is 5.92. The minimum absolute atomic E-state index is 0.00804. The predicted molar refractivity (Wildman–Crippen MR) is 165 cm³/mol. The zero-order valence-electron chi connectivity index (χ0n) is 24.7. The number of carbonyl (C=O) groups excluding carboxylic acids is 2. The standard InChI is InChI=1S/C32H35N5O5S/c1-22-20-35(16-17-36(22)29(38)18-23-8-12-26(40-2)13-9-23)30(39)21-43-32-34-33-31(24-6-5-7-28(19-24)42-4)37(32)25-10-14-27(41-3)15-11-25/h5-15,19,22H,16-18,20-21H2,1-4H3. The Morgan fingerprint density at radius 1 is 0.837 bits per heavy atom. The van der Waals surface area contributed by atoms with Gasteiger partial charge in [-0.1, -0.05) is 36.0 Å². The van der Waals surface area contributed by atoms with Gasteiger partial charge >= 0.3 is 0 Å². The van der Waals surface area contributed by atoms with E-state index in [-0.39, 0.29) is 23.6 Å². The van der Waals surface area contributed by atoms with Gasteiger partial charge in [-0.05, 0) is 61.0 Å². The third kappa shape index (κ3) is 6.94. The molecule has 10 nitrogen and oxygen atoms in total. The third-order valence-electron chi connectivity index (χ3n) is 7.43. The van der Waals surface area contributed by atoms with Crippen molar-refractivity contribution in [1.82, 2.24) is 24.6 Å². The maximum absolute atomic E-state index is 13.3. The molecule has 1 atom stereocenters. The van der Waals surface area contributed by atoms with Crippen molar-refractivity contribution in [1.29, 1.82) is 0 Å². The highest BCUT2D eigenvalue weighted by Gasteiger charge is 2.30. The average molecular weight is 602 g/mol. The summed E-state index contributed by atoms with van der Waals surface area (Å²) in [6.45, 7) is 3.44. The number of aromatic nitrogens is 3. The molecule has 43 heavy (non-hydrogen) atoms. The lowest BCUT2D eigenvalue weighted by atomic mass is 10.1. The van der Waals surface area contributed by atoms with Crippen LogP contribution in [-0.2, 0) is 16.0 Å². The monoisotopic (exact) mass is 601 g/mol. The molecular weight excluding hydrogens is 566 g/mol. The smallest absolute Gasteiger partial charge is 0.233 e. The van der Waals surface area contributed by atoms with Gasteiger partial charge in [0.05, 0.1) is 33.5 Å². The van der Waals surface area contributed by atoms with Gasteiger partial charge in [-0.3, -0.25) is 14.2 Å². The summed E-state index contributed by atoms with van der Waals surface area (Å²) in [5.74, 6) is 3.08. The molecule has 2 heterocycles. The normalized spacial score (nSPS) is 14.8. The molecule has 0 N–H and O–H groups in total. The van der Waals surface area contributed by atoms with Crippen LogP contribution in [0.4, 0.5) is 0 Å². The van der Waals surface area contributed by atoms with Gasteiger partial charge in [-0.2, -0.15) is 0 Å². The number of amides is 2. The molecule has 4 aromatic rings. The molecule has 0 spiro atoms. The van der Waals surface area contributed by atoms with E-state index in [1.54, 1.807) is 21.3 Å². The lowest BCUT2D eigenvalue weighted by molar-refractivity contribution is -0.140. The van der Waals surface area contributed by atoms with E-state index in [1.807, 2.05) is 94.1 Å². The van der Waals surface area contributed by atoms with Gasteiger partial charge in [0, 0.05) is 36.9 Å². The molecule has 5 rings (SSSR count). The van der Waals surface area contributed by atoms with Gasteiger partial charge in [0.1, 0.15) is 17.2 Å². The van der Waals surface area contributed by atoms with Gasteiger partial charge < -0.3 is 24.0 Å². The fourth-order valence-electron chi connectivity index (χ4n) is 5.07. The van der Waals surface area contributed by atoms with Crippen molar-refractivity contribution >= 4 is 23.6 Å². The quantitative estimate of drug-likeness (QED) is 0.248. The molecule has 0 aliphatic carbocycles. The molecule has 0 bridgehead atoms. The Bertz CT molecular complexity index is 1560. The fraction of sp³-hybridized carbons (Fsp3) is 0.312. The van der Waals surface area contributed by atoms with Gasteiger partial charge in [-0.25, -0.2) is 0 Å². The highest BCUT2D eigenvalue weighted by molar-refractivity contribution is 7.99. The summed E-state index contributed by atoms with van der Waals surface area (Å²) in [5, 5.41) is 9.54. The highest BCUT2D eigenvalue weighted by atomic mass is 32.2. The van der Waals surface area contributed by atoms with Crippen molar-refractivity contribution in [3.8, 4) is 34.3 Å². The Morgan fingerprint density at radius 3 is 2.16 bits per heavy atom. The molecule has 1 fully saturated rings. The third-order valence-corrected chi connectivity index (χ3v) is 8.35. The number of thioether (sulfide) groups is 1. The summed E-state index contributed by atoms with van der Waals surface area (Å²) >= 11 is 1.34. The number of hydrogen-bond donors (Lipinski definition) is 0. The summed E-state index contributed by atoms with van der Waals surface area (Å²) in [6, 6.07) is 22.7. The van der Waals surface area contributed by atoms with Gasteiger partial charge in [-0.15, -0.1) is 10.2 Å². The van der Waals surface area contributed by atoms with Crippen LogP contribution in [0.3, 0.4) is 0 Å². The lowest BCUT2D eigenvalue weighted by Crippen LogP contribution is -2.56. The maximum atomic E-state index is 13.3. The van der Waals surface area contributed by atoms with Crippen LogP contribution >= 0.6 is 11.8 Å². The van der Waals surface area contributed by atoms with E-state index in [0.717, 1.165) is 28.3 Å². The number of methoxy groups -OCH3 is 3. The minimum Gasteiger partial charge on any atom is -0.497 e. The second-order valence-corrected chi connectivity index (χ2v) is 11.1. The predicted octanol–water partition coefficient (Wildman–Crippen LogP) is 4.35. The van der Waals surface area contributed by atoms with Crippen molar-refractivity contribution in [3.63, 3.8) is 0 Å². The van der Waals surface area contributed by atoms with E-state index >= 15 is 0 Å². The Balaban J connectivity index is 1.26. The molecule has 224 valence electrons. The molecule has 1 aliphatic heterocycles. The summed E-state index contributed by atoms with van der Waals surface area (Å²) < 4.78 is 17.9. The molecular formula is C32H35N5O5S. The number of nitrogens with zero attached hydrogens (tertiary/aromatic N) is 5. The number of rotatable bonds is 10. The van der Waals surface area contributed by atoms with E-state index in [1.165, 1.54) is 11.8 Å². The zero-order chi connectivity index (χ0) is 30.3. The number of hydrogen-bond acceptors (Lipinski definition) is 8. The summed E-state index contributed by atoms with van der Waals surface area (Å²) in [6.07, 6.45) is 0.314. The SMILES string of the molecule is COc1ccc(CC(=O)N2CCN(C(=O)CSc3nnc(-c4cccc(OC)c4)n3-c3ccc(OC)cc3)CC2C)cc1. The highest BCUT2D eigenvalue weighted by Crippen LogP contribution is 2.31. The van der Waals surface area contributed by atoms with Crippen molar-refractivity contribution < 1.29 is 23.8 Å². The molecule has 0 saturated carbocycles. The Labute approximate surface area is 255 Å². The van der Waals surface area contributed by atoms with Crippen LogP contribution in [0, 0.1) is 0 Å². The van der Waals surface area contributed by atoms with Crippen molar-refractivity contribution in [2.24, 2.45) is 0 Å². The molecule has 3 aromatic carbocycles. The van der Waals surface area contributed by atoms with E-state index < -0.39 is 0 Å². The molecule has 11 heteroatoms. The molecule has 1 aromatic heterocycles. The Morgan fingerprint density at radius 2 is 1.51 bits per heavy atom. The first kappa shape index (κ1) is 30.0. The largest absolute Gasteiger partial charge is 0.497 e. The molecule has 0 radical (unpaired) electrons. The van der Waals surface area contributed by atoms with Crippen LogP contribution < -0.4 is 14.2 Å². The van der Waals surface area contributed by atoms with Crippen LogP contribution in [0.1, 0.15) is 12.5 Å². The Hall–Kier alpha value is -4.51. The van der Waals surface area contributed by atoms with Crippen LogP contribution in [0.15, 0.2) is 78.0 Å². The number of carbonyl (C=O) groups is 2. The topological polar surface area (TPSA) is 99.0 Å². The minimum atomic E-state index is -0.0870. The van der Waals surface area contributed by atoms with E-state index in [9.17, 15) is 9.59 Å². The van der Waals surface area contributed by atoms with E-state index in [4.69, 9.17) is 14.2 Å². The average Bonchev–Trinajstić information content (AvgIpc) is 3.48. The van der Waals surface area contributed by atoms with E-state index in [2.05, 4.69) is 10.2 Å². The number of piperazine rings is 1. The first-order chi connectivity index (χ1) is 20.9. The van der Waals surface area contributed by atoms with Crippen LogP contribution in [0.5, 0.6) is 17.2 Å². The van der Waals surface area contributed by atoms with Crippen LogP contribution in [0.25, 0.3) is 17.1 Å². The number of benzene rings is 3. The van der Waals surface area contributed by atoms with Gasteiger partial charge in [0.15, 0.2) is 11.0 Å². The van der Waals surface area contributed by atoms with Crippen molar-refractivity contribution in [2.75, 3.05) is 46.7 Å². The van der Waals surface area contributed by atoms with Crippen molar-refractivity contribution in [2.45, 2.75) is 24.5 Å². The summed E-state index contributed by atoms with van der Waals surface area (Å²) in [5.41, 5.74) is 2.61. The second-order valence-electron chi connectivity index (χ2n) is 10.2. The lowest BCUT2D eigenvalue weighted by Gasteiger charge is -2.40. The first-order valence-electron chi connectivity index (χ1n) is 14.0. The second kappa shape index (κ2) is 13.6.